The van der Waals surface area contributed by atoms with E-state index < -0.39 is 0 Å². The maximum atomic E-state index is 9.42. The molecule has 3 nitrogen and oxygen atoms in total. The molecule has 1 saturated carbocycles. The molecule has 1 aliphatic rings. The molecule has 1 aliphatic carbocycles. The van der Waals surface area contributed by atoms with Gasteiger partial charge in [-0.1, -0.05) is 19.9 Å². The molecule has 0 aliphatic heterocycles. The smallest absolute Gasteiger partial charge is 0.126 e. The third kappa shape index (κ3) is 1.55. The molecule has 3 N–H and O–H groups in total. The van der Waals surface area contributed by atoms with Gasteiger partial charge in [0.25, 0.3) is 0 Å². The van der Waals surface area contributed by atoms with E-state index in [1.54, 1.807) is 19.2 Å². The minimum absolute atomic E-state index is 0.235. The van der Waals surface area contributed by atoms with Gasteiger partial charge in [-0.3, -0.25) is 0 Å². The molecule has 1 aromatic carbocycles. The van der Waals surface area contributed by atoms with Crippen LogP contribution in [0.5, 0.6) is 11.5 Å². The number of phenols is 1. The Morgan fingerprint density at radius 2 is 2.12 bits per heavy atom. The van der Waals surface area contributed by atoms with Crippen molar-refractivity contribution >= 4 is 0 Å². The lowest BCUT2D eigenvalue weighted by Gasteiger charge is -2.10. The number of benzene rings is 1. The van der Waals surface area contributed by atoms with Crippen molar-refractivity contribution in [2.24, 2.45) is 17.1 Å². The van der Waals surface area contributed by atoms with Crippen molar-refractivity contribution in [3.63, 3.8) is 0 Å². The molecule has 0 bridgehead atoms. The van der Waals surface area contributed by atoms with E-state index in [2.05, 4.69) is 13.8 Å². The van der Waals surface area contributed by atoms with Crippen molar-refractivity contribution in [1.82, 2.24) is 0 Å². The molecule has 1 fully saturated rings. The van der Waals surface area contributed by atoms with Crippen molar-refractivity contribution in [3.05, 3.63) is 23.8 Å². The molecule has 0 saturated heterocycles. The van der Waals surface area contributed by atoms with Crippen molar-refractivity contribution < 1.29 is 9.84 Å². The number of ether oxygens (including phenoxy) is 1. The van der Waals surface area contributed by atoms with Crippen LogP contribution in [0, 0.1) is 11.3 Å². The van der Waals surface area contributed by atoms with Crippen LogP contribution in [0.2, 0.25) is 0 Å². The van der Waals surface area contributed by atoms with Gasteiger partial charge in [0.2, 0.25) is 0 Å². The quantitative estimate of drug-likeness (QED) is 0.821. The van der Waals surface area contributed by atoms with Crippen molar-refractivity contribution in [3.8, 4) is 11.5 Å². The maximum Gasteiger partial charge on any atom is 0.126 e. The highest BCUT2D eigenvalue weighted by Gasteiger charge is 2.58. The van der Waals surface area contributed by atoms with Crippen LogP contribution in [0.3, 0.4) is 0 Å². The average molecular weight is 221 g/mol. The lowest BCUT2D eigenvalue weighted by molar-refractivity contribution is 0.401. The van der Waals surface area contributed by atoms with Gasteiger partial charge in [-0.05, 0) is 35.4 Å². The molecular weight excluding hydrogens is 202 g/mol. The van der Waals surface area contributed by atoms with Gasteiger partial charge >= 0.3 is 0 Å². The minimum Gasteiger partial charge on any atom is -0.508 e. The van der Waals surface area contributed by atoms with Crippen molar-refractivity contribution in [1.29, 1.82) is 0 Å². The first kappa shape index (κ1) is 11.3. The molecule has 1 aromatic rings. The van der Waals surface area contributed by atoms with Crippen LogP contribution in [0.15, 0.2) is 18.2 Å². The highest BCUT2D eigenvalue weighted by molar-refractivity contribution is 5.46. The first-order chi connectivity index (χ1) is 7.52. The van der Waals surface area contributed by atoms with Crippen LogP contribution < -0.4 is 10.5 Å². The van der Waals surface area contributed by atoms with Gasteiger partial charge < -0.3 is 15.6 Å². The largest absolute Gasteiger partial charge is 0.508 e. The van der Waals surface area contributed by atoms with Gasteiger partial charge in [0, 0.05) is 6.07 Å². The number of hydrogen-bond donors (Lipinski definition) is 2. The zero-order valence-corrected chi connectivity index (χ0v) is 10.0. The first-order valence-electron chi connectivity index (χ1n) is 5.59. The standard InChI is InChI=1S/C13H19NO2/c1-13(2)10(7-14)12(13)9-5-4-8(15)6-11(9)16-3/h4-6,10,12,15H,7,14H2,1-3H3/t10-,12-/m0/s1. The fourth-order valence-corrected chi connectivity index (χ4v) is 2.76. The van der Waals surface area contributed by atoms with E-state index in [1.165, 1.54) is 0 Å². The third-order valence-electron chi connectivity index (χ3n) is 3.86. The SMILES string of the molecule is COc1cc(O)ccc1[C@H]1[C@H](CN)C1(C)C. The molecule has 0 spiro atoms. The molecular formula is C13H19NO2. The lowest BCUT2D eigenvalue weighted by Crippen LogP contribution is -2.05. The Bertz CT molecular complexity index is 401. The monoisotopic (exact) mass is 221 g/mol. The van der Waals surface area contributed by atoms with Crippen LogP contribution in [0.4, 0.5) is 0 Å². The average Bonchev–Trinajstić information content (AvgIpc) is 2.80. The van der Waals surface area contributed by atoms with E-state index >= 15 is 0 Å². The van der Waals surface area contributed by atoms with Gasteiger partial charge in [0.15, 0.2) is 0 Å². The highest BCUT2D eigenvalue weighted by atomic mass is 16.5. The predicted octanol–water partition coefficient (Wildman–Crippen LogP) is 2.10. The van der Waals surface area contributed by atoms with Crippen molar-refractivity contribution in [2.75, 3.05) is 13.7 Å². The number of methoxy groups -OCH3 is 1. The summed E-state index contributed by atoms with van der Waals surface area (Å²) < 4.78 is 5.31. The minimum atomic E-state index is 0.235. The first-order valence-corrected chi connectivity index (χ1v) is 5.59. The van der Waals surface area contributed by atoms with E-state index in [4.69, 9.17) is 10.5 Å². The summed E-state index contributed by atoms with van der Waals surface area (Å²) in [7, 11) is 1.63. The van der Waals surface area contributed by atoms with Gasteiger partial charge in [-0.25, -0.2) is 0 Å². The number of rotatable bonds is 3. The summed E-state index contributed by atoms with van der Waals surface area (Å²) in [6, 6.07) is 5.31. The molecule has 3 heteroatoms. The summed E-state index contributed by atoms with van der Waals surface area (Å²) in [6.45, 7) is 5.14. The molecule has 2 atom stereocenters. The molecule has 0 aromatic heterocycles. The van der Waals surface area contributed by atoms with E-state index in [1.807, 2.05) is 6.07 Å². The Labute approximate surface area is 96.2 Å². The molecule has 0 radical (unpaired) electrons. The maximum absolute atomic E-state index is 9.42. The Morgan fingerprint density at radius 3 is 2.62 bits per heavy atom. The van der Waals surface area contributed by atoms with Gasteiger partial charge in [-0.15, -0.1) is 0 Å². The van der Waals surface area contributed by atoms with Crippen LogP contribution in [0.25, 0.3) is 0 Å². The number of phenolic OH excluding ortho intramolecular Hbond substituents is 1. The Hall–Kier alpha value is -1.22. The second-order valence-corrected chi connectivity index (χ2v) is 5.07. The van der Waals surface area contributed by atoms with Gasteiger partial charge in [0.05, 0.1) is 7.11 Å². The summed E-state index contributed by atoms with van der Waals surface area (Å²) >= 11 is 0. The zero-order chi connectivity index (χ0) is 11.9. The van der Waals surface area contributed by atoms with E-state index in [0.717, 1.165) is 11.3 Å². The second-order valence-electron chi connectivity index (χ2n) is 5.07. The van der Waals surface area contributed by atoms with Crippen molar-refractivity contribution in [2.45, 2.75) is 19.8 Å². The summed E-state index contributed by atoms with van der Waals surface area (Å²) in [5.74, 6) is 1.94. The van der Waals surface area contributed by atoms with Crippen LogP contribution >= 0.6 is 0 Å². The van der Waals surface area contributed by atoms with Crippen LogP contribution in [-0.4, -0.2) is 18.8 Å². The van der Waals surface area contributed by atoms with E-state index in [-0.39, 0.29) is 11.2 Å². The summed E-state index contributed by atoms with van der Waals surface area (Å²) in [4.78, 5) is 0. The topological polar surface area (TPSA) is 55.5 Å². The number of hydrogen-bond acceptors (Lipinski definition) is 3. The lowest BCUT2D eigenvalue weighted by atomic mass is 10.0. The fourth-order valence-electron chi connectivity index (χ4n) is 2.76. The molecule has 0 unspecified atom stereocenters. The molecule has 0 heterocycles. The van der Waals surface area contributed by atoms with E-state index in [9.17, 15) is 5.11 Å². The van der Waals surface area contributed by atoms with E-state index in [0.29, 0.717) is 18.4 Å². The molecule has 0 amide bonds. The third-order valence-corrected chi connectivity index (χ3v) is 3.86. The van der Waals surface area contributed by atoms with Gasteiger partial charge in [0.1, 0.15) is 11.5 Å². The predicted molar refractivity (Wildman–Crippen MR) is 63.7 cm³/mol. The normalized spacial score (nSPS) is 26.5. The van der Waals surface area contributed by atoms with Crippen LogP contribution in [-0.2, 0) is 0 Å². The summed E-state index contributed by atoms with van der Waals surface area (Å²) in [5.41, 5.74) is 7.16. The Kier molecular flexibility index (Phi) is 2.58. The van der Waals surface area contributed by atoms with Crippen LogP contribution in [0.1, 0.15) is 25.3 Å². The summed E-state index contributed by atoms with van der Waals surface area (Å²) in [5, 5.41) is 9.42. The highest BCUT2D eigenvalue weighted by Crippen LogP contribution is 2.65. The Morgan fingerprint density at radius 1 is 1.44 bits per heavy atom. The second kappa shape index (κ2) is 3.67. The summed E-state index contributed by atoms with van der Waals surface area (Å²) in [6.07, 6.45) is 0. The van der Waals surface area contributed by atoms with Gasteiger partial charge in [-0.2, -0.15) is 0 Å². The molecule has 16 heavy (non-hydrogen) atoms. The molecule has 88 valence electrons. The zero-order valence-electron chi connectivity index (χ0n) is 10.0. The fraction of sp³-hybridized carbons (Fsp3) is 0.538. The Balaban J connectivity index is 2.35. The number of nitrogens with two attached hydrogens (primary N) is 1. The molecule has 2 rings (SSSR count). The number of aromatic hydroxyl groups is 1.